The number of carbonyl (C=O) groups excluding carboxylic acids is 1. The van der Waals surface area contributed by atoms with Gasteiger partial charge in [-0.15, -0.1) is 0 Å². The molecule has 156 valence electrons. The Balaban J connectivity index is 2.15. The second kappa shape index (κ2) is 10.9. The zero-order chi connectivity index (χ0) is 21.2. The molecular formula is C22H30N4O3. The fourth-order valence-electron chi connectivity index (χ4n) is 2.90. The number of anilines is 1. The van der Waals surface area contributed by atoms with Gasteiger partial charge in [-0.3, -0.25) is 4.79 Å². The third-order valence-corrected chi connectivity index (χ3v) is 4.26. The van der Waals surface area contributed by atoms with Crippen molar-refractivity contribution in [2.45, 2.75) is 26.9 Å². The number of ether oxygens (including phenoxy) is 2. The molecule has 1 amide bonds. The molecule has 0 aliphatic rings. The van der Waals surface area contributed by atoms with Gasteiger partial charge >= 0.3 is 0 Å². The molecule has 29 heavy (non-hydrogen) atoms. The van der Waals surface area contributed by atoms with Gasteiger partial charge in [0.25, 0.3) is 0 Å². The van der Waals surface area contributed by atoms with Crippen molar-refractivity contribution < 1.29 is 14.3 Å². The molecule has 2 N–H and O–H groups in total. The SMILES string of the molecule is CCNC(=NCc1cccc(NC(C)=O)c1)N(C)Cc1ccc(OC)cc1OC. The normalized spacial score (nSPS) is 11.0. The number of amides is 1. The van der Waals surface area contributed by atoms with Crippen LogP contribution in [0, 0.1) is 0 Å². The number of hydrogen-bond acceptors (Lipinski definition) is 4. The van der Waals surface area contributed by atoms with Crippen molar-refractivity contribution in [2.24, 2.45) is 4.99 Å². The smallest absolute Gasteiger partial charge is 0.221 e. The fourth-order valence-corrected chi connectivity index (χ4v) is 2.90. The number of hydrogen-bond donors (Lipinski definition) is 2. The number of carbonyl (C=O) groups is 1. The highest BCUT2D eigenvalue weighted by Crippen LogP contribution is 2.25. The number of benzene rings is 2. The molecular weight excluding hydrogens is 368 g/mol. The maximum Gasteiger partial charge on any atom is 0.221 e. The summed E-state index contributed by atoms with van der Waals surface area (Å²) in [5.74, 6) is 2.23. The van der Waals surface area contributed by atoms with Crippen LogP contribution in [0.15, 0.2) is 47.5 Å². The second-order valence-corrected chi connectivity index (χ2v) is 6.59. The highest BCUT2D eigenvalue weighted by molar-refractivity contribution is 5.88. The van der Waals surface area contributed by atoms with E-state index in [1.54, 1.807) is 14.2 Å². The van der Waals surface area contributed by atoms with Gasteiger partial charge in [0, 0.05) is 44.4 Å². The topological polar surface area (TPSA) is 75.2 Å². The maximum atomic E-state index is 11.3. The van der Waals surface area contributed by atoms with Crippen LogP contribution in [0.25, 0.3) is 0 Å². The first-order chi connectivity index (χ1) is 14.0. The number of nitrogens with zero attached hydrogens (tertiary/aromatic N) is 2. The van der Waals surface area contributed by atoms with Crippen molar-refractivity contribution >= 4 is 17.6 Å². The Morgan fingerprint density at radius 2 is 1.93 bits per heavy atom. The molecule has 2 rings (SSSR count). The van der Waals surface area contributed by atoms with E-state index in [0.717, 1.165) is 40.8 Å². The summed E-state index contributed by atoms with van der Waals surface area (Å²) in [5, 5.41) is 6.12. The van der Waals surface area contributed by atoms with Gasteiger partial charge in [-0.25, -0.2) is 4.99 Å². The summed E-state index contributed by atoms with van der Waals surface area (Å²) in [6.45, 7) is 5.42. The number of nitrogens with one attached hydrogen (secondary N) is 2. The van der Waals surface area contributed by atoms with Gasteiger partial charge in [-0.2, -0.15) is 0 Å². The first-order valence-electron chi connectivity index (χ1n) is 9.53. The molecule has 0 fully saturated rings. The Morgan fingerprint density at radius 3 is 2.59 bits per heavy atom. The minimum atomic E-state index is -0.0906. The number of rotatable bonds is 8. The Bertz CT molecular complexity index is 852. The predicted octanol–water partition coefficient (Wildman–Crippen LogP) is 3.26. The van der Waals surface area contributed by atoms with Crippen LogP contribution in [-0.4, -0.2) is 44.6 Å². The molecule has 0 aliphatic carbocycles. The quantitative estimate of drug-likeness (QED) is 0.527. The average Bonchev–Trinajstić information content (AvgIpc) is 2.71. The lowest BCUT2D eigenvalue weighted by Gasteiger charge is -2.23. The summed E-state index contributed by atoms with van der Waals surface area (Å²) in [6.07, 6.45) is 0. The van der Waals surface area contributed by atoms with Crippen molar-refractivity contribution in [3.8, 4) is 11.5 Å². The van der Waals surface area contributed by atoms with Crippen LogP contribution in [0.3, 0.4) is 0 Å². The average molecular weight is 399 g/mol. The third kappa shape index (κ3) is 6.71. The summed E-state index contributed by atoms with van der Waals surface area (Å²) in [7, 11) is 5.27. The molecule has 0 bridgehead atoms. The van der Waals surface area contributed by atoms with Gasteiger partial charge in [-0.1, -0.05) is 12.1 Å². The summed E-state index contributed by atoms with van der Waals surface area (Å²) < 4.78 is 10.8. The van der Waals surface area contributed by atoms with Gasteiger partial charge < -0.3 is 25.0 Å². The Hall–Kier alpha value is -3.22. The van der Waals surface area contributed by atoms with Gasteiger partial charge in [0.15, 0.2) is 5.96 Å². The lowest BCUT2D eigenvalue weighted by molar-refractivity contribution is -0.114. The molecule has 0 aromatic heterocycles. The third-order valence-electron chi connectivity index (χ3n) is 4.26. The molecule has 7 nitrogen and oxygen atoms in total. The molecule has 0 radical (unpaired) electrons. The Labute approximate surface area is 172 Å². The van der Waals surface area contributed by atoms with Crippen LogP contribution < -0.4 is 20.1 Å². The molecule has 2 aromatic rings. The second-order valence-electron chi connectivity index (χ2n) is 6.59. The van der Waals surface area contributed by atoms with Crippen molar-refractivity contribution in [1.29, 1.82) is 0 Å². The van der Waals surface area contributed by atoms with Crippen LogP contribution in [0.4, 0.5) is 5.69 Å². The molecule has 0 unspecified atom stereocenters. The van der Waals surface area contributed by atoms with Gasteiger partial charge in [0.1, 0.15) is 11.5 Å². The van der Waals surface area contributed by atoms with Gasteiger partial charge in [0.05, 0.1) is 20.8 Å². The lowest BCUT2D eigenvalue weighted by Crippen LogP contribution is -2.38. The molecule has 0 aliphatic heterocycles. The lowest BCUT2D eigenvalue weighted by atomic mass is 10.2. The van der Waals surface area contributed by atoms with E-state index in [4.69, 9.17) is 14.5 Å². The van der Waals surface area contributed by atoms with Crippen molar-refractivity contribution in [3.63, 3.8) is 0 Å². The number of methoxy groups -OCH3 is 2. The molecule has 0 heterocycles. The monoisotopic (exact) mass is 398 g/mol. The zero-order valence-electron chi connectivity index (χ0n) is 17.8. The minimum Gasteiger partial charge on any atom is -0.497 e. The van der Waals surface area contributed by atoms with E-state index in [9.17, 15) is 4.79 Å². The van der Waals surface area contributed by atoms with Crippen molar-refractivity contribution in [1.82, 2.24) is 10.2 Å². The van der Waals surface area contributed by atoms with E-state index in [-0.39, 0.29) is 5.91 Å². The van der Waals surface area contributed by atoms with Crippen molar-refractivity contribution in [2.75, 3.05) is 33.1 Å². The largest absolute Gasteiger partial charge is 0.497 e. The molecule has 0 atom stereocenters. The first kappa shape index (κ1) is 22.1. The predicted molar refractivity (Wildman–Crippen MR) is 117 cm³/mol. The Morgan fingerprint density at radius 1 is 1.14 bits per heavy atom. The fraction of sp³-hybridized carbons (Fsp3) is 0.364. The van der Waals surface area contributed by atoms with E-state index >= 15 is 0 Å². The van der Waals surface area contributed by atoms with Crippen LogP contribution >= 0.6 is 0 Å². The zero-order valence-corrected chi connectivity index (χ0v) is 17.8. The van der Waals surface area contributed by atoms with Crippen LogP contribution in [0.5, 0.6) is 11.5 Å². The van der Waals surface area contributed by atoms with Crippen LogP contribution in [-0.2, 0) is 17.9 Å². The van der Waals surface area contributed by atoms with E-state index in [1.165, 1.54) is 6.92 Å². The standard InChI is InChI=1S/C22H30N4O3/c1-6-23-22(24-14-17-8-7-9-19(12-17)25-16(2)27)26(3)15-18-10-11-20(28-4)13-21(18)29-5/h7-13H,6,14-15H2,1-5H3,(H,23,24)(H,25,27). The van der Waals surface area contributed by atoms with E-state index in [0.29, 0.717) is 13.1 Å². The maximum absolute atomic E-state index is 11.3. The molecule has 2 aromatic carbocycles. The number of aliphatic imine (C=N–C) groups is 1. The first-order valence-corrected chi connectivity index (χ1v) is 9.53. The molecule has 0 spiro atoms. The Kier molecular flexibility index (Phi) is 8.33. The highest BCUT2D eigenvalue weighted by atomic mass is 16.5. The molecule has 0 saturated heterocycles. The van der Waals surface area contributed by atoms with E-state index in [2.05, 4.69) is 10.6 Å². The minimum absolute atomic E-state index is 0.0906. The van der Waals surface area contributed by atoms with Gasteiger partial charge in [0.2, 0.25) is 5.91 Å². The van der Waals surface area contributed by atoms with Crippen molar-refractivity contribution in [3.05, 3.63) is 53.6 Å². The van der Waals surface area contributed by atoms with E-state index < -0.39 is 0 Å². The summed E-state index contributed by atoms with van der Waals surface area (Å²) >= 11 is 0. The van der Waals surface area contributed by atoms with Crippen LogP contribution in [0.1, 0.15) is 25.0 Å². The summed E-state index contributed by atoms with van der Waals surface area (Å²) in [6, 6.07) is 13.5. The number of guanidine groups is 1. The van der Waals surface area contributed by atoms with Gasteiger partial charge in [-0.05, 0) is 36.8 Å². The molecule has 7 heteroatoms. The summed E-state index contributed by atoms with van der Waals surface area (Å²) in [4.78, 5) is 18.0. The summed E-state index contributed by atoms with van der Waals surface area (Å²) in [5.41, 5.74) is 2.82. The van der Waals surface area contributed by atoms with E-state index in [1.807, 2.05) is 61.3 Å². The van der Waals surface area contributed by atoms with Crippen LogP contribution in [0.2, 0.25) is 0 Å². The molecule has 0 saturated carbocycles. The highest BCUT2D eigenvalue weighted by Gasteiger charge is 2.11.